The molecular weight excluding hydrogens is 324 g/mol. The number of nitrogens with two attached hydrogens (primary N) is 1. The third-order valence-electron chi connectivity index (χ3n) is 4.11. The number of carboxylic acids is 1. The lowest BCUT2D eigenvalue weighted by molar-refractivity contribution is -0.383. The molecule has 0 spiro atoms. The number of aromatic nitrogens is 2. The van der Waals surface area contributed by atoms with Gasteiger partial charge in [-0.05, 0) is 34.9 Å². The average Bonchev–Trinajstić information content (AvgIpc) is 2.90. The minimum absolute atomic E-state index is 0.0160. The molecule has 0 amide bonds. The van der Waals surface area contributed by atoms with Crippen molar-refractivity contribution in [2.24, 2.45) is 12.8 Å². The molecule has 0 fully saturated rings. The van der Waals surface area contributed by atoms with Crippen molar-refractivity contribution in [2.45, 2.75) is 12.5 Å². The molecule has 8 heteroatoms. The zero-order valence-corrected chi connectivity index (χ0v) is 13.4. The Morgan fingerprint density at radius 1 is 1.36 bits per heavy atom. The van der Waals surface area contributed by atoms with Crippen LogP contribution < -0.4 is 5.73 Å². The molecule has 1 unspecified atom stereocenters. The summed E-state index contributed by atoms with van der Waals surface area (Å²) in [6.45, 7) is 0. The molecule has 0 bridgehead atoms. The van der Waals surface area contributed by atoms with Crippen LogP contribution in [0.15, 0.2) is 42.9 Å². The van der Waals surface area contributed by atoms with Crippen LogP contribution in [0.3, 0.4) is 0 Å². The van der Waals surface area contributed by atoms with Crippen molar-refractivity contribution < 1.29 is 14.8 Å². The summed E-state index contributed by atoms with van der Waals surface area (Å²) >= 11 is 0. The number of non-ortho nitro benzene ring substituents is 1. The Hall–Kier alpha value is -3.26. The fourth-order valence-corrected chi connectivity index (χ4v) is 2.92. The molecule has 0 aliphatic carbocycles. The van der Waals surface area contributed by atoms with E-state index in [0.717, 1.165) is 5.56 Å². The minimum Gasteiger partial charge on any atom is -0.480 e. The molecule has 0 radical (unpaired) electrons. The van der Waals surface area contributed by atoms with E-state index in [1.54, 1.807) is 42.3 Å². The largest absolute Gasteiger partial charge is 0.480 e. The summed E-state index contributed by atoms with van der Waals surface area (Å²) in [7, 11) is 1.76. The number of nitro groups is 1. The van der Waals surface area contributed by atoms with Crippen molar-refractivity contribution >= 4 is 22.6 Å². The number of pyridine rings is 1. The van der Waals surface area contributed by atoms with Gasteiger partial charge in [-0.2, -0.15) is 0 Å². The second-order valence-electron chi connectivity index (χ2n) is 5.80. The van der Waals surface area contributed by atoms with E-state index in [0.29, 0.717) is 22.0 Å². The molecule has 0 saturated heterocycles. The Kier molecular flexibility index (Phi) is 4.20. The highest BCUT2D eigenvalue weighted by Crippen LogP contribution is 2.35. The summed E-state index contributed by atoms with van der Waals surface area (Å²) in [5.74, 6) is -1.15. The maximum Gasteiger partial charge on any atom is 0.320 e. The third kappa shape index (κ3) is 3.07. The van der Waals surface area contributed by atoms with Crippen molar-refractivity contribution in [1.82, 2.24) is 9.55 Å². The van der Waals surface area contributed by atoms with E-state index in [4.69, 9.17) is 10.8 Å². The molecule has 3 rings (SSSR count). The van der Waals surface area contributed by atoms with Gasteiger partial charge in [0.2, 0.25) is 0 Å². The monoisotopic (exact) mass is 340 g/mol. The number of hydrogen-bond acceptors (Lipinski definition) is 5. The number of carbonyl (C=O) groups is 1. The Balaban J connectivity index is 2.23. The fourth-order valence-electron chi connectivity index (χ4n) is 2.92. The van der Waals surface area contributed by atoms with Crippen molar-refractivity contribution in [3.05, 3.63) is 58.5 Å². The van der Waals surface area contributed by atoms with E-state index in [1.807, 2.05) is 6.07 Å². The Morgan fingerprint density at radius 3 is 2.64 bits per heavy atom. The van der Waals surface area contributed by atoms with Crippen LogP contribution in [0.5, 0.6) is 0 Å². The third-order valence-corrected chi connectivity index (χ3v) is 4.11. The van der Waals surface area contributed by atoms with Crippen LogP contribution in [-0.2, 0) is 18.3 Å². The molecule has 3 aromatic rings. The Labute approximate surface area is 142 Å². The molecule has 3 N–H and O–H groups in total. The highest BCUT2D eigenvalue weighted by molar-refractivity contribution is 5.96. The van der Waals surface area contributed by atoms with Crippen LogP contribution in [0.2, 0.25) is 0 Å². The van der Waals surface area contributed by atoms with E-state index in [1.165, 1.54) is 6.07 Å². The van der Waals surface area contributed by atoms with E-state index >= 15 is 0 Å². The topological polar surface area (TPSA) is 124 Å². The molecule has 0 saturated carbocycles. The fraction of sp³-hybridized carbons (Fsp3) is 0.176. The lowest BCUT2D eigenvalue weighted by Gasteiger charge is -2.07. The van der Waals surface area contributed by atoms with Crippen molar-refractivity contribution in [2.75, 3.05) is 0 Å². The van der Waals surface area contributed by atoms with Gasteiger partial charge in [0.25, 0.3) is 5.69 Å². The first kappa shape index (κ1) is 16.6. The van der Waals surface area contributed by atoms with Crippen LogP contribution in [0.25, 0.3) is 22.0 Å². The van der Waals surface area contributed by atoms with E-state index in [2.05, 4.69) is 4.98 Å². The lowest BCUT2D eigenvalue weighted by atomic mass is 10.00. The van der Waals surface area contributed by atoms with E-state index in [9.17, 15) is 14.9 Å². The van der Waals surface area contributed by atoms with Gasteiger partial charge in [0.15, 0.2) is 0 Å². The van der Waals surface area contributed by atoms with Gasteiger partial charge in [0.1, 0.15) is 6.04 Å². The second kappa shape index (κ2) is 6.33. The van der Waals surface area contributed by atoms with Crippen LogP contribution in [0.1, 0.15) is 5.56 Å². The highest BCUT2D eigenvalue weighted by Gasteiger charge is 2.23. The summed E-state index contributed by atoms with van der Waals surface area (Å²) in [6, 6.07) is 5.76. The highest BCUT2D eigenvalue weighted by atomic mass is 16.6. The number of aliphatic carboxylic acids is 1. The summed E-state index contributed by atoms with van der Waals surface area (Å²) in [5, 5.41) is 21.1. The van der Waals surface area contributed by atoms with Gasteiger partial charge in [-0.1, -0.05) is 0 Å². The normalized spacial score (nSPS) is 12.2. The number of nitro benzene ring substituents is 1. The summed E-state index contributed by atoms with van der Waals surface area (Å²) in [6.07, 6.45) is 4.94. The number of carboxylic acid groups (broad SMARTS) is 1. The van der Waals surface area contributed by atoms with Gasteiger partial charge in [0, 0.05) is 38.1 Å². The van der Waals surface area contributed by atoms with Crippen molar-refractivity contribution in [3.63, 3.8) is 0 Å². The molecule has 2 aromatic heterocycles. The number of fused-ring (bicyclic) bond motifs is 1. The quantitative estimate of drug-likeness (QED) is 0.541. The second-order valence-corrected chi connectivity index (χ2v) is 5.80. The Bertz CT molecular complexity index is 966. The van der Waals surface area contributed by atoms with Crippen molar-refractivity contribution in [1.29, 1.82) is 0 Å². The Morgan fingerprint density at radius 2 is 2.04 bits per heavy atom. The molecule has 128 valence electrons. The standard InChI is InChI=1S/C17H16N4O4/c1-20-9-12(6-13(18)17(22)23)16-14(20)7-11(8-15(16)21(24)25)10-2-4-19-5-3-10/h2-5,7-9,13H,6,18H2,1H3,(H,22,23). The SMILES string of the molecule is Cn1cc(CC(N)C(=O)O)c2c([N+](=O)[O-])cc(-c3ccncc3)cc21. The maximum absolute atomic E-state index is 11.6. The van der Waals surface area contributed by atoms with Gasteiger partial charge in [-0.3, -0.25) is 19.9 Å². The molecular formula is C17H16N4O4. The van der Waals surface area contributed by atoms with Crippen LogP contribution in [0, 0.1) is 10.1 Å². The zero-order valence-electron chi connectivity index (χ0n) is 13.4. The number of rotatable bonds is 5. The molecule has 0 aliphatic rings. The van der Waals surface area contributed by atoms with Gasteiger partial charge in [-0.25, -0.2) is 0 Å². The van der Waals surface area contributed by atoms with Crippen molar-refractivity contribution in [3.8, 4) is 11.1 Å². The van der Waals surface area contributed by atoms with Crippen LogP contribution in [0.4, 0.5) is 5.69 Å². The number of benzene rings is 1. The van der Waals surface area contributed by atoms with Gasteiger partial charge < -0.3 is 15.4 Å². The number of hydrogen-bond donors (Lipinski definition) is 2. The summed E-state index contributed by atoms with van der Waals surface area (Å²) in [4.78, 5) is 26.1. The van der Waals surface area contributed by atoms with E-state index in [-0.39, 0.29) is 12.1 Å². The van der Waals surface area contributed by atoms with Gasteiger partial charge >= 0.3 is 5.97 Å². The summed E-state index contributed by atoms with van der Waals surface area (Å²) < 4.78 is 1.75. The number of aryl methyl sites for hydroxylation is 1. The minimum atomic E-state index is -1.15. The molecule has 0 aliphatic heterocycles. The molecule has 25 heavy (non-hydrogen) atoms. The molecule has 2 heterocycles. The first-order valence-corrected chi connectivity index (χ1v) is 7.53. The summed E-state index contributed by atoms with van der Waals surface area (Å²) in [5.41, 5.74) is 8.23. The maximum atomic E-state index is 11.6. The zero-order chi connectivity index (χ0) is 18.1. The van der Waals surface area contributed by atoms with Gasteiger partial charge in [-0.15, -0.1) is 0 Å². The first-order valence-electron chi connectivity index (χ1n) is 7.53. The predicted octanol–water partition coefficient (Wildman–Crippen LogP) is 2.10. The lowest BCUT2D eigenvalue weighted by Crippen LogP contribution is -2.32. The molecule has 1 aromatic carbocycles. The van der Waals surface area contributed by atoms with E-state index < -0.39 is 16.9 Å². The average molecular weight is 340 g/mol. The first-order chi connectivity index (χ1) is 11.9. The molecule has 1 atom stereocenters. The smallest absolute Gasteiger partial charge is 0.320 e. The molecule has 8 nitrogen and oxygen atoms in total. The van der Waals surface area contributed by atoms with Crippen LogP contribution in [-0.4, -0.2) is 31.6 Å². The van der Waals surface area contributed by atoms with Gasteiger partial charge in [0.05, 0.1) is 15.8 Å². The predicted molar refractivity (Wildman–Crippen MR) is 92.1 cm³/mol. The number of nitrogens with zero attached hydrogens (tertiary/aromatic N) is 3. The van der Waals surface area contributed by atoms with Crippen LogP contribution >= 0.6 is 0 Å².